The van der Waals surface area contributed by atoms with Crippen LogP contribution in [-0.4, -0.2) is 59.2 Å². The van der Waals surface area contributed by atoms with E-state index in [1.807, 2.05) is 5.32 Å². The van der Waals surface area contributed by atoms with Gasteiger partial charge in [0.25, 0.3) is 0 Å². The molecule has 1 aliphatic rings. The molecule has 0 saturated carbocycles. The Bertz CT molecular complexity index is 487. The lowest BCUT2D eigenvalue weighted by molar-refractivity contribution is -0.143. The zero-order valence-electron chi connectivity index (χ0n) is 10.8. The highest BCUT2D eigenvalue weighted by molar-refractivity contribution is 6.45. The molecule has 0 atom stereocenters. The molecule has 20 heavy (non-hydrogen) atoms. The van der Waals surface area contributed by atoms with Crippen molar-refractivity contribution in [3.05, 3.63) is 12.7 Å². The normalized spacial score (nSPS) is 14.6. The summed E-state index contributed by atoms with van der Waals surface area (Å²) in [4.78, 5) is 58.5. The first-order valence-corrected chi connectivity index (χ1v) is 5.78. The SMILES string of the molecule is C=CCN1C(=O)C(=O)N(CC(=O)NC(=O)NCC)C1=O. The van der Waals surface area contributed by atoms with E-state index < -0.39 is 36.3 Å². The maximum Gasteiger partial charge on any atom is 0.335 e. The minimum absolute atomic E-state index is 0.127. The number of urea groups is 2. The van der Waals surface area contributed by atoms with Gasteiger partial charge in [-0.2, -0.15) is 0 Å². The van der Waals surface area contributed by atoms with E-state index in [0.29, 0.717) is 16.3 Å². The van der Waals surface area contributed by atoms with Crippen molar-refractivity contribution in [2.45, 2.75) is 6.92 Å². The smallest absolute Gasteiger partial charge is 0.335 e. The molecule has 2 N–H and O–H groups in total. The molecule has 1 fully saturated rings. The first kappa shape index (κ1) is 15.3. The number of nitrogens with zero attached hydrogens (tertiary/aromatic N) is 2. The standard InChI is InChI=1S/C11H14N4O5/c1-3-5-14-8(17)9(18)15(11(14)20)6-7(16)13-10(19)12-4-2/h3H,1,4-6H2,2H3,(H2,12,13,16,19). The molecule has 0 bridgehead atoms. The number of nitrogens with one attached hydrogen (secondary N) is 2. The Morgan fingerprint density at radius 3 is 2.35 bits per heavy atom. The molecule has 0 spiro atoms. The minimum atomic E-state index is -1.11. The Balaban J connectivity index is 2.68. The fourth-order valence-corrected chi connectivity index (χ4v) is 1.49. The van der Waals surface area contributed by atoms with Gasteiger partial charge in [0.1, 0.15) is 6.54 Å². The molecule has 0 aliphatic carbocycles. The molecular weight excluding hydrogens is 268 g/mol. The van der Waals surface area contributed by atoms with Gasteiger partial charge in [-0.1, -0.05) is 6.08 Å². The number of hydrogen-bond donors (Lipinski definition) is 2. The molecule has 108 valence electrons. The Morgan fingerprint density at radius 1 is 1.20 bits per heavy atom. The molecule has 0 radical (unpaired) electrons. The average molecular weight is 282 g/mol. The van der Waals surface area contributed by atoms with Gasteiger partial charge in [0.05, 0.1) is 0 Å². The van der Waals surface area contributed by atoms with Crippen LogP contribution in [0.5, 0.6) is 0 Å². The third kappa shape index (κ3) is 3.19. The van der Waals surface area contributed by atoms with Crippen molar-refractivity contribution in [3.8, 4) is 0 Å². The van der Waals surface area contributed by atoms with E-state index in [4.69, 9.17) is 0 Å². The molecular formula is C11H14N4O5. The van der Waals surface area contributed by atoms with Gasteiger partial charge in [0.15, 0.2) is 0 Å². The highest BCUT2D eigenvalue weighted by atomic mass is 16.2. The third-order valence-corrected chi connectivity index (χ3v) is 2.34. The van der Waals surface area contributed by atoms with Crippen molar-refractivity contribution >= 4 is 29.8 Å². The van der Waals surface area contributed by atoms with Gasteiger partial charge < -0.3 is 5.32 Å². The molecule has 0 aromatic carbocycles. The van der Waals surface area contributed by atoms with Crippen molar-refractivity contribution in [2.75, 3.05) is 19.6 Å². The van der Waals surface area contributed by atoms with Gasteiger partial charge in [0.2, 0.25) is 5.91 Å². The van der Waals surface area contributed by atoms with Crippen LogP contribution in [0.2, 0.25) is 0 Å². The maximum atomic E-state index is 11.7. The second-order valence-corrected chi connectivity index (χ2v) is 3.79. The number of rotatable bonds is 5. The van der Waals surface area contributed by atoms with Crippen molar-refractivity contribution < 1.29 is 24.0 Å². The molecule has 7 amide bonds. The molecule has 1 rings (SSSR count). The fourth-order valence-electron chi connectivity index (χ4n) is 1.49. The summed E-state index contributed by atoms with van der Waals surface area (Å²) in [7, 11) is 0. The second kappa shape index (κ2) is 6.45. The van der Waals surface area contributed by atoms with Crippen LogP contribution in [-0.2, 0) is 14.4 Å². The number of amides is 7. The lowest BCUT2D eigenvalue weighted by Gasteiger charge is -2.13. The van der Waals surface area contributed by atoms with Crippen LogP contribution in [0.25, 0.3) is 0 Å². The predicted octanol–water partition coefficient (Wildman–Crippen LogP) is -1.19. The van der Waals surface area contributed by atoms with Gasteiger partial charge in [-0.3, -0.25) is 24.6 Å². The van der Waals surface area contributed by atoms with Crippen LogP contribution in [0.4, 0.5) is 9.59 Å². The first-order valence-electron chi connectivity index (χ1n) is 5.78. The summed E-state index contributed by atoms with van der Waals surface area (Å²) in [5.74, 6) is -3.01. The van der Waals surface area contributed by atoms with E-state index in [0.717, 1.165) is 0 Å². The van der Waals surface area contributed by atoms with Gasteiger partial charge in [-0.15, -0.1) is 6.58 Å². The molecule has 9 nitrogen and oxygen atoms in total. The highest BCUT2D eigenvalue weighted by Gasteiger charge is 2.44. The Kier molecular flexibility index (Phi) is 4.95. The Morgan fingerprint density at radius 2 is 1.80 bits per heavy atom. The van der Waals surface area contributed by atoms with E-state index in [9.17, 15) is 24.0 Å². The molecule has 9 heteroatoms. The summed E-state index contributed by atoms with van der Waals surface area (Å²) in [6, 6.07) is -1.66. The lowest BCUT2D eigenvalue weighted by Crippen LogP contribution is -2.46. The summed E-state index contributed by atoms with van der Waals surface area (Å²) < 4.78 is 0. The Labute approximate surface area is 114 Å². The quantitative estimate of drug-likeness (QED) is 0.373. The molecule has 1 aliphatic heterocycles. The summed E-state index contributed by atoms with van der Waals surface area (Å²) in [6.07, 6.45) is 1.28. The van der Waals surface area contributed by atoms with Crippen LogP contribution in [0, 0.1) is 0 Å². The van der Waals surface area contributed by atoms with E-state index in [-0.39, 0.29) is 6.54 Å². The third-order valence-electron chi connectivity index (χ3n) is 2.34. The van der Waals surface area contributed by atoms with Gasteiger partial charge in [0, 0.05) is 13.1 Å². The summed E-state index contributed by atoms with van der Waals surface area (Å²) in [6.45, 7) is 4.50. The number of hydrogen-bond acceptors (Lipinski definition) is 5. The van der Waals surface area contributed by atoms with Crippen molar-refractivity contribution in [3.63, 3.8) is 0 Å². The van der Waals surface area contributed by atoms with Gasteiger partial charge in [-0.05, 0) is 6.92 Å². The highest BCUT2D eigenvalue weighted by Crippen LogP contribution is 2.11. The number of imide groups is 3. The van der Waals surface area contributed by atoms with E-state index >= 15 is 0 Å². The summed E-state index contributed by atoms with van der Waals surface area (Å²) in [5.41, 5.74) is 0. The van der Waals surface area contributed by atoms with Crippen LogP contribution in [0.15, 0.2) is 12.7 Å². The lowest BCUT2D eigenvalue weighted by atomic mass is 10.4. The van der Waals surface area contributed by atoms with Crippen LogP contribution < -0.4 is 10.6 Å². The zero-order valence-corrected chi connectivity index (χ0v) is 10.8. The number of carbonyl (C=O) groups excluding carboxylic acids is 5. The van der Waals surface area contributed by atoms with Crippen molar-refractivity contribution in [2.24, 2.45) is 0 Å². The van der Waals surface area contributed by atoms with Crippen LogP contribution in [0.1, 0.15) is 6.92 Å². The van der Waals surface area contributed by atoms with E-state index in [1.165, 1.54) is 6.08 Å². The average Bonchev–Trinajstić information content (AvgIpc) is 2.57. The summed E-state index contributed by atoms with van der Waals surface area (Å²) >= 11 is 0. The molecule has 0 unspecified atom stereocenters. The topological polar surface area (TPSA) is 116 Å². The molecule has 0 aromatic rings. The van der Waals surface area contributed by atoms with E-state index in [1.54, 1.807) is 6.92 Å². The molecule has 1 heterocycles. The van der Waals surface area contributed by atoms with E-state index in [2.05, 4.69) is 11.9 Å². The number of carbonyl (C=O) groups is 5. The molecule has 0 aromatic heterocycles. The van der Waals surface area contributed by atoms with Crippen LogP contribution >= 0.6 is 0 Å². The van der Waals surface area contributed by atoms with Crippen LogP contribution in [0.3, 0.4) is 0 Å². The Hall–Kier alpha value is -2.71. The second-order valence-electron chi connectivity index (χ2n) is 3.79. The predicted molar refractivity (Wildman–Crippen MR) is 66.2 cm³/mol. The zero-order chi connectivity index (χ0) is 15.3. The largest absolute Gasteiger partial charge is 0.338 e. The summed E-state index contributed by atoms with van der Waals surface area (Å²) in [5, 5.41) is 4.24. The maximum absolute atomic E-state index is 11.7. The van der Waals surface area contributed by atoms with Crippen molar-refractivity contribution in [1.29, 1.82) is 0 Å². The minimum Gasteiger partial charge on any atom is -0.338 e. The van der Waals surface area contributed by atoms with Crippen molar-refractivity contribution in [1.82, 2.24) is 20.4 Å². The first-order chi connectivity index (χ1) is 9.42. The fraction of sp³-hybridized carbons (Fsp3) is 0.364. The monoisotopic (exact) mass is 282 g/mol. The van der Waals surface area contributed by atoms with Gasteiger partial charge >= 0.3 is 23.9 Å². The van der Waals surface area contributed by atoms with Gasteiger partial charge in [-0.25, -0.2) is 14.5 Å². The molecule has 1 saturated heterocycles.